The molecule has 2 heterocycles. The van der Waals surface area contributed by atoms with Crippen molar-refractivity contribution >= 4 is 27.3 Å². The molecule has 0 spiro atoms. The quantitative estimate of drug-likeness (QED) is 0.839. The highest BCUT2D eigenvalue weighted by Gasteiger charge is 2.15. The topological polar surface area (TPSA) is 21.3 Å². The Balaban J connectivity index is 2.06. The van der Waals surface area contributed by atoms with Gasteiger partial charge < -0.3 is 10.1 Å². The van der Waals surface area contributed by atoms with Crippen LogP contribution in [0.2, 0.25) is 0 Å². The van der Waals surface area contributed by atoms with E-state index in [4.69, 9.17) is 4.74 Å². The summed E-state index contributed by atoms with van der Waals surface area (Å²) in [6.45, 7) is 2.88. The first-order chi connectivity index (χ1) is 6.36. The third-order valence-electron chi connectivity index (χ3n) is 2.05. The molecule has 0 radical (unpaired) electrons. The minimum atomic E-state index is 0.249. The van der Waals surface area contributed by atoms with Gasteiger partial charge in [-0.15, -0.1) is 11.3 Å². The summed E-state index contributed by atoms with van der Waals surface area (Å²) >= 11 is 5.21. The number of halogens is 1. The van der Waals surface area contributed by atoms with Crippen LogP contribution in [0.5, 0.6) is 0 Å². The van der Waals surface area contributed by atoms with Gasteiger partial charge in [-0.25, -0.2) is 0 Å². The molecule has 1 aliphatic rings. The van der Waals surface area contributed by atoms with Crippen molar-refractivity contribution in [1.82, 2.24) is 5.32 Å². The highest BCUT2D eigenvalue weighted by molar-refractivity contribution is 9.10. The fourth-order valence-corrected chi connectivity index (χ4v) is 2.89. The van der Waals surface area contributed by atoms with Gasteiger partial charge in [0.15, 0.2) is 0 Å². The number of ether oxygens (including phenoxy) is 1. The molecule has 0 aromatic carbocycles. The van der Waals surface area contributed by atoms with Gasteiger partial charge in [-0.2, -0.15) is 0 Å². The molecule has 1 atom stereocenters. The summed E-state index contributed by atoms with van der Waals surface area (Å²) in [5, 5.41) is 5.47. The average Bonchev–Trinajstić information content (AvgIpc) is 2.43. The van der Waals surface area contributed by atoms with Gasteiger partial charge in [0.1, 0.15) is 6.10 Å². The van der Waals surface area contributed by atoms with Crippen LogP contribution >= 0.6 is 27.3 Å². The minimum Gasteiger partial charge on any atom is -0.371 e. The van der Waals surface area contributed by atoms with Crippen molar-refractivity contribution < 1.29 is 4.74 Å². The molecule has 1 aromatic rings. The largest absolute Gasteiger partial charge is 0.371 e. The van der Waals surface area contributed by atoms with Crippen LogP contribution in [0.1, 0.15) is 17.4 Å². The van der Waals surface area contributed by atoms with E-state index in [-0.39, 0.29) is 6.10 Å². The Hall–Kier alpha value is 0.1000. The zero-order valence-corrected chi connectivity index (χ0v) is 9.66. The molecule has 1 saturated heterocycles. The van der Waals surface area contributed by atoms with E-state index in [0.29, 0.717) is 0 Å². The Morgan fingerprint density at radius 2 is 2.54 bits per heavy atom. The summed E-state index contributed by atoms with van der Waals surface area (Å²) in [5.74, 6) is 0. The molecule has 0 bridgehead atoms. The van der Waals surface area contributed by atoms with Crippen LogP contribution in [0.4, 0.5) is 0 Å². The zero-order valence-electron chi connectivity index (χ0n) is 7.25. The number of hydrogen-bond donors (Lipinski definition) is 1. The molecule has 4 heteroatoms. The number of thiophene rings is 1. The van der Waals surface area contributed by atoms with E-state index < -0.39 is 0 Å². The SMILES string of the molecule is Brc1csc(C2CNCCCO2)c1. The van der Waals surface area contributed by atoms with E-state index in [9.17, 15) is 0 Å². The van der Waals surface area contributed by atoms with Gasteiger partial charge in [0, 0.05) is 27.9 Å². The molecule has 1 fully saturated rings. The second-order valence-corrected chi connectivity index (χ2v) is 4.94. The van der Waals surface area contributed by atoms with E-state index in [1.54, 1.807) is 11.3 Å². The van der Waals surface area contributed by atoms with Gasteiger partial charge in [-0.05, 0) is 35.0 Å². The van der Waals surface area contributed by atoms with E-state index in [2.05, 4.69) is 32.7 Å². The lowest BCUT2D eigenvalue weighted by molar-refractivity contribution is 0.0693. The Morgan fingerprint density at radius 1 is 1.62 bits per heavy atom. The van der Waals surface area contributed by atoms with Crippen molar-refractivity contribution in [2.45, 2.75) is 12.5 Å². The normalized spacial score (nSPS) is 24.2. The molecule has 1 aliphatic heterocycles. The van der Waals surface area contributed by atoms with Crippen LogP contribution in [-0.4, -0.2) is 19.7 Å². The van der Waals surface area contributed by atoms with Crippen LogP contribution < -0.4 is 5.32 Å². The molecule has 2 nitrogen and oxygen atoms in total. The number of hydrogen-bond acceptors (Lipinski definition) is 3. The first-order valence-electron chi connectivity index (χ1n) is 4.42. The maximum absolute atomic E-state index is 5.73. The van der Waals surface area contributed by atoms with Gasteiger partial charge in [0.2, 0.25) is 0 Å². The third kappa shape index (κ3) is 2.53. The lowest BCUT2D eigenvalue weighted by atomic mass is 10.3. The molecule has 1 unspecified atom stereocenters. The van der Waals surface area contributed by atoms with Crippen LogP contribution in [0.25, 0.3) is 0 Å². The van der Waals surface area contributed by atoms with Gasteiger partial charge >= 0.3 is 0 Å². The first-order valence-corrected chi connectivity index (χ1v) is 6.10. The summed E-state index contributed by atoms with van der Waals surface area (Å²) in [7, 11) is 0. The lowest BCUT2D eigenvalue weighted by Gasteiger charge is -2.12. The van der Waals surface area contributed by atoms with E-state index in [0.717, 1.165) is 30.6 Å². The Labute approximate surface area is 90.4 Å². The molecule has 2 rings (SSSR count). The summed E-state index contributed by atoms with van der Waals surface area (Å²) in [5.41, 5.74) is 0. The lowest BCUT2D eigenvalue weighted by Crippen LogP contribution is -2.19. The molecule has 0 saturated carbocycles. The first kappa shape index (κ1) is 9.65. The van der Waals surface area contributed by atoms with Crippen molar-refractivity contribution in [2.75, 3.05) is 19.7 Å². The Morgan fingerprint density at radius 3 is 3.31 bits per heavy atom. The summed E-state index contributed by atoms with van der Waals surface area (Å²) in [4.78, 5) is 1.31. The van der Waals surface area contributed by atoms with Crippen molar-refractivity contribution in [3.63, 3.8) is 0 Å². The van der Waals surface area contributed by atoms with Gasteiger partial charge in [-0.1, -0.05) is 0 Å². The van der Waals surface area contributed by atoms with E-state index in [1.807, 2.05) is 0 Å². The molecule has 1 N–H and O–H groups in total. The number of nitrogens with one attached hydrogen (secondary N) is 1. The van der Waals surface area contributed by atoms with Crippen molar-refractivity contribution in [3.8, 4) is 0 Å². The predicted octanol–water partition coefficient (Wildman–Crippen LogP) is 2.56. The highest BCUT2D eigenvalue weighted by atomic mass is 79.9. The molecule has 0 aliphatic carbocycles. The van der Waals surface area contributed by atoms with Crippen molar-refractivity contribution in [1.29, 1.82) is 0 Å². The smallest absolute Gasteiger partial charge is 0.104 e. The third-order valence-corrected chi connectivity index (χ3v) is 3.84. The molecular weight excluding hydrogens is 250 g/mol. The summed E-state index contributed by atoms with van der Waals surface area (Å²) in [6, 6.07) is 2.14. The van der Waals surface area contributed by atoms with Gasteiger partial charge in [-0.3, -0.25) is 0 Å². The van der Waals surface area contributed by atoms with E-state index >= 15 is 0 Å². The maximum atomic E-state index is 5.73. The fraction of sp³-hybridized carbons (Fsp3) is 0.556. The van der Waals surface area contributed by atoms with Crippen LogP contribution in [0.15, 0.2) is 15.9 Å². The molecule has 13 heavy (non-hydrogen) atoms. The summed E-state index contributed by atoms with van der Waals surface area (Å²) < 4.78 is 6.88. The van der Waals surface area contributed by atoms with Crippen LogP contribution in [0, 0.1) is 0 Å². The molecule has 1 aromatic heterocycles. The molecule has 72 valence electrons. The summed E-state index contributed by atoms with van der Waals surface area (Å²) in [6.07, 6.45) is 1.36. The molecular formula is C9H12BrNOS. The van der Waals surface area contributed by atoms with Crippen molar-refractivity contribution in [2.24, 2.45) is 0 Å². The van der Waals surface area contributed by atoms with Crippen LogP contribution in [-0.2, 0) is 4.74 Å². The van der Waals surface area contributed by atoms with E-state index in [1.165, 1.54) is 4.88 Å². The standard InChI is InChI=1S/C9H12BrNOS/c10-7-4-9(13-6-7)8-5-11-2-1-3-12-8/h4,6,8,11H,1-3,5H2. The zero-order chi connectivity index (χ0) is 9.10. The Kier molecular flexibility index (Phi) is 3.38. The van der Waals surface area contributed by atoms with Crippen molar-refractivity contribution in [3.05, 3.63) is 20.8 Å². The second-order valence-electron chi connectivity index (χ2n) is 3.08. The monoisotopic (exact) mass is 261 g/mol. The fourth-order valence-electron chi connectivity index (χ4n) is 1.39. The highest BCUT2D eigenvalue weighted by Crippen LogP contribution is 2.28. The minimum absolute atomic E-state index is 0.249. The predicted molar refractivity (Wildman–Crippen MR) is 58.2 cm³/mol. The second kappa shape index (κ2) is 4.55. The molecule has 0 amide bonds. The van der Waals surface area contributed by atoms with Crippen LogP contribution in [0.3, 0.4) is 0 Å². The maximum Gasteiger partial charge on any atom is 0.104 e. The number of rotatable bonds is 1. The van der Waals surface area contributed by atoms with Gasteiger partial charge in [0.05, 0.1) is 0 Å². The van der Waals surface area contributed by atoms with Gasteiger partial charge in [0.25, 0.3) is 0 Å². The Bertz CT molecular complexity index is 268. The average molecular weight is 262 g/mol.